The highest BCUT2D eigenvalue weighted by Gasteiger charge is 2.06. The molecule has 0 heterocycles. The van der Waals surface area contributed by atoms with Crippen LogP contribution in [0.1, 0.15) is 5.56 Å². The molecule has 0 saturated carbocycles. The molecule has 0 atom stereocenters. The van der Waals surface area contributed by atoms with Crippen LogP contribution in [-0.2, 0) is 6.54 Å². The maximum atomic E-state index is 5.37. The molecule has 1 N–H and O–H groups in total. The predicted molar refractivity (Wildman–Crippen MR) is 88.7 cm³/mol. The summed E-state index contributed by atoms with van der Waals surface area (Å²) in [5.74, 6) is 1.68. The summed E-state index contributed by atoms with van der Waals surface area (Å²) in [4.78, 5) is 0. The average molecular weight is 401 g/mol. The van der Waals surface area contributed by atoms with Gasteiger partial charge in [0.1, 0.15) is 11.5 Å². The number of rotatable bonds is 5. The minimum atomic E-state index is 0.661. The largest absolute Gasteiger partial charge is 0.497 e. The van der Waals surface area contributed by atoms with Gasteiger partial charge in [0.25, 0.3) is 0 Å². The fourth-order valence-electron chi connectivity index (χ4n) is 1.84. The molecule has 0 saturated heterocycles. The smallest absolute Gasteiger partial charge is 0.123 e. The van der Waals surface area contributed by atoms with E-state index in [1.54, 1.807) is 14.2 Å². The van der Waals surface area contributed by atoms with Crippen molar-refractivity contribution in [3.63, 3.8) is 0 Å². The fraction of sp³-hybridized carbons (Fsp3) is 0.200. The van der Waals surface area contributed by atoms with Gasteiger partial charge in [-0.2, -0.15) is 0 Å². The second-order valence-corrected chi connectivity index (χ2v) is 5.93. The Morgan fingerprint density at radius 3 is 2.50 bits per heavy atom. The van der Waals surface area contributed by atoms with Gasteiger partial charge in [0, 0.05) is 27.1 Å². The van der Waals surface area contributed by atoms with Crippen LogP contribution >= 0.6 is 31.9 Å². The lowest BCUT2D eigenvalue weighted by Gasteiger charge is -2.13. The highest BCUT2D eigenvalue weighted by Crippen LogP contribution is 2.29. The number of halogens is 2. The molecule has 0 amide bonds. The van der Waals surface area contributed by atoms with Gasteiger partial charge in [0.2, 0.25) is 0 Å². The standard InChI is InChI=1S/C15H15Br2NO2/c1-19-12-4-5-13(17)14(8-12)18-9-10-7-11(16)3-6-15(10)20-2/h3-8,18H,9H2,1-2H3. The SMILES string of the molecule is COc1ccc(Br)c(NCc2cc(Br)ccc2OC)c1. The first-order chi connectivity index (χ1) is 9.63. The Labute approximate surface area is 135 Å². The van der Waals surface area contributed by atoms with Crippen molar-refractivity contribution < 1.29 is 9.47 Å². The Hall–Kier alpha value is -1.20. The molecule has 0 fully saturated rings. The van der Waals surface area contributed by atoms with Gasteiger partial charge in [0.05, 0.1) is 19.9 Å². The average Bonchev–Trinajstić information content (AvgIpc) is 2.46. The molecule has 0 aliphatic heterocycles. The predicted octanol–water partition coefficient (Wildman–Crippen LogP) is 4.84. The van der Waals surface area contributed by atoms with Crippen LogP contribution in [0, 0.1) is 0 Å². The van der Waals surface area contributed by atoms with Gasteiger partial charge in [-0.3, -0.25) is 0 Å². The summed E-state index contributed by atoms with van der Waals surface area (Å²) in [5, 5.41) is 3.38. The van der Waals surface area contributed by atoms with E-state index in [-0.39, 0.29) is 0 Å². The van der Waals surface area contributed by atoms with E-state index < -0.39 is 0 Å². The Kier molecular flexibility index (Phi) is 5.31. The first-order valence-electron chi connectivity index (χ1n) is 6.04. The number of nitrogens with one attached hydrogen (secondary N) is 1. The molecule has 3 nitrogen and oxygen atoms in total. The van der Waals surface area contributed by atoms with Crippen molar-refractivity contribution in [2.45, 2.75) is 6.54 Å². The highest BCUT2D eigenvalue weighted by atomic mass is 79.9. The van der Waals surface area contributed by atoms with Crippen molar-refractivity contribution in [3.05, 3.63) is 50.9 Å². The zero-order chi connectivity index (χ0) is 14.5. The number of hydrogen-bond donors (Lipinski definition) is 1. The minimum absolute atomic E-state index is 0.661. The van der Waals surface area contributed by atoms with Gasteiger partial charge >= 0.3 is 0 Å². The Balaban J connectivity index is 2.18. The fourth-order valence-corrected chi connectivity index (χ4v) is 2.64. The van der Waals surface area contributed by atoms with Crippen molar-refractivity contribution >= 4 is 37.5 Å². The van der Waals surface area contributed by atoms with Gasteiger partial charge in [-0.25, -0.2) is 0 Å². The molecule has 0 spiro atoms. The molecule has 20 heavy (non-hydrogen) atoms. The summed E-state index contributed by atoms with van der Waals surface area (Å²) in [6, 6.07) is 11.8. The van der Waals surface area contributed by atoms with Gasteiger partial charge in [-0.05, 0) is 46.3 Å². The van der Waals surface area contributed by atoms with E-state index in [0.29, 0.717) is 6.54 Å². The quantitative estimate of drug-likeness (QED) is 0.778. The van der Waals surface area contributed by atoms with Crippen LogP contribution < -0.4 is 14.8 Å². The van der Waals surface area contributed by atoms with Gasteiger partial charge in [-0.1, -0.05) is 15.9 Å². The molecule has 0 aromatic heterocycles. The summed E-state index contributed by atoms with van der Waals surface area (Å²) in [5.41, 5.74) is 2.06. The van der Waals surface area contributed by atoms with Crippen LogP contribution in [-0.4, -0.2) is 14.2 Å². The minimum Gasteiger partial charge on any atom is -0.497 e. The van der Waals surface area contributed by atoms with Crippen LogP contribution in [0.2, 0.25) is 0 Å². The van der Waals surface area contributed by atoms with E-state index in [4.69, 9.17) is 9.47 Å². The zero-order valence-electron chi connectivity index (χ0n) is 11.2. The number of ether oxygens (including phenoxy) is 2. The van der Waals surface area contributed by atoms with E-state index in [0.717, 1.165) is 31.7 Å². The summed E-state index contributed by atoms with van der Waals surface area (Å²) >= 11 is 7.00. The third-order valence-electron chi connectivity index (χ3n) is 2.89. The van der Waals surface area contributed by atoms with Crippen LogP contribution in [0.25, 0.3) is 0 Å². The second-order valence-electron chi connectivity index (χ2n) is 4.16. The summed E-state index contributed by atoms with van der Waals surface area (Å²) in [6.07, 6.45) is 0. The van der Waals surface area contributed by atoms with Crippen molar-refractivity contribution in [2.75, 3.05) is 19.5 Å². The molecule has 2 aromatic carbocycles. The first kappa shape index (κ1) is 15.2. The normalized spacial score (nSPS) is 10.2. The van der Waals surface area contributed by atoms with Crippen LogP contribution in [0.3, 0.4) is 0 Å². The summed E-state index contributed by atoms with van der Waals surface area (Å²) in [6.45, 7) is 0.661. The maximum absolute atomic E-state index is 5.37. The maximum Gasteiger partial charge on any atom is 0.123 e. The summed E-state index contributed by atoms with van der Waals surface area (Å²) < 4.78 is 12.6. The van der Waals surface area contributed by atoms with E-state index in [2.05, 4.69) is 37.2 Å². The Bertz CT molecular complexity index is 602. The topological polar surface area (TPSA) is 30.5 Å². The van der Waals surface area contributed by atoms with Crippen molar-refractivity contribution in [1.82, 2.24) is 0 Å². The zero-order valence-corrected chi connectivity index (χ0v) is 14.4. The lowest BCUT2D eigenvalue weighted by atomic mass is 10.2. The van der Waals surface area contributed by atoms with Gasteiger partial charge < -0.3 is 14.8 Å². The molecule has 5 heteroatoms. The third-order valence-corrected chi connectivity index (χ3v) is 4.07. The number of hydrogen-bond acceptors (Lipinski definition) is 3. The number of benzene rings is 2. The molecular weight excluding hydrogens is 386 g/mol. The molecule has 2 rings (SSSR count). The van der Waals surface area contributed by atoms with E-state index in [9.17, 15) is 0 Å². The van der Waals surface area contributed by atoms with Crippen LogP contribution in [0.5, 0.6) is 11.5 Å². The van der Waals surface area contributed by atoms with Crippen LogP contribution in [0.4, 0.5) is 5.69 Å². The molecule has 0 bridgehead atoms. The Morgan fingerprint density at radius 1 is 1.00 bits per heavy atom. The molecule has 106 valence electrons. The van der Waals surface area contributed by atoms with Crippen molar-refractivity contribution in [3.8, 4) is 11.5 Å². The molecule has 0 aliphatic carbocycles. The summed E-state index contributed by atoms with van der Waals surface area (Å²) in [7, 11) is 3.33. The number of methoxy groups -OCH3 is 2. The molecule has 0 unspecified atom stereocenters. The monoisotopic (exact) mass is 399 g/mol. The van der Waals surface area contributed by atoms with Crippen LogP contribution in [0.15, 0.2) is 45.3 Å². The lowest BCUT2D eigenvalue weighted by molar-refractivity contribution is 0.410. The molecule has 0 radical (unpaired) electrons. The highest BCUT2D eigenvalue weighted by molar-refractivity contribution is 9.10. The second kappa shape index (κ2) is 6.99. The van der Waals surface area contributed by atoms with E-state index in [1.807, 2.05) is 36.4 Å². The third kappa shape index (κ3) is 3.67. The number of anilines is 1. The lowest BCUT2D eigenvalue weighted by Crippen LogP contribution is -2.02. The molecule has 2 aromatic rings. The first-order valence-corrected chi connectivity index (χ1v) is 7.62. The van der Waals surface area contributed by atoms with Crippen molar-refractivity contribution in [2.24, 2.45) is 0 Å². The van der Waals surface area contributed by atoms with Gasteiger partial charge in [-0.15, -0.1) is 0 Å². The molecule has 0 aliphatic rings. The van der Waals surface area contributed by atoms with E-state index in [1.165, 1.54) is 0 Å². The Morgan fingerprint density at radius 2 is 1.80 bits per heavy atom. The molecular formula is C15H15Br2NO2. The van der Waals surface area contributed by atoms with Gasteiger partial charge in [0.15, 0.2) is 0 Å². The van der Waals surface area contributed by atoms with E-state index >= 15 is 0 Å². The van der Waals surface area contributed by atoms with Crippen molar-refractivity contribution in [1.29, 1.82) is 0 Å².